The largest absolute Gasteiger partial charge is 0.316 e. The van der Waals surface area contributed by atoms with E-state index in [1.807, 2.05) is 61.0 Å². The number of nitriles is 1. The molecule has 1 heterocycles. The van der Waals surface area contributed by atoms with Gasteiger partial charge < -0.3 is 5.01 Å². The topological polar surface area (TPSA) is 44.9 Å². The van der Waals surface area contributed by atoms with Gasteiger partial charge >= 0.3 is 0 Å². The van der Waals surface area contributed by atoms with Crippen molar-refractivity contribution in [1.29, 1.82) is 5.26 Å². The molecule has 0 aliphatic rings. The van der Waals surface area contributed by atoms with Crippen LogP contribution in [0, 0.1) is 18.3 Å². The van der Waals surface area contributed by atoms with Crippen LogP contribution in [0.2, 0.25) is 0 Å². The van der Waals surface area contributed by atoms with Crippen LogP contribution in [0.1, 0.15) is 11.5 Å². The summed E-state index contributed by atoms with van der Waals surface area (Å²) in [6.45, 7) is 1.92. The van der Waals surface area contributed by atoms with Gasteiger partial charge in [0.2, 0.25) is 5.82 Å². The summed E-state index contributed by atoms with van der Waals surface area (Å²) in [7, 11) is 3.79. The molecule has 2 aromatic rings. The zero-order chi connectivity index (χ0) is 12.4. The van der Waals surface area contributed by atoms with Crippen molar-refractivity contribution in [3.05, 3.63) is 41.9 Å². The number of hydrogen-bond acceptors (Lipinski definition) is 3. The summed E-state index contributed by atoms with van der Waals surface area (Å²) in [4.78, 5) is 4.29. The number of nitrogens with zero attached hydrogens (tertiary/aromatic N) is 4. The molecule has 2 rings (SSSR count). The quantitative estimate of drug-likeness (QED) is 0.786. The number of imidazole rings is 1. The molecular weight excluding hydrogens is 212 g/mol. The Kier molecular flexibility index (Phi) is 2.84. The van der Waals surface area contributed by atoms with Crippen molar-refractivity contribution < 1.29 is 0 Å². The van der Waals surface area contributed by atoms with Crippen molar-refractivity contribution in [3.63, 3.8) is 0 Å². The first kappa shape index (κ1) is 11.2. The van der Waals surface area contributed by atoms with Gasteiger partial charge in [-0.2, -0.15) is 5.26 Å². The second-order valence-electron chi connectivity index (χ2n) is 4.01. The molecule has 0 saturated heterocycles. The lowest BCUT2D eigenvalue weighted by molar-refractivity contribution is 0.725. The Morgan fingerprint density at radius 1 is 1.24 bits per heavy atom. The lowest BCUT2D eigenvalue weighted by Gasteiger charge is -2.18. The summed E-state index contributed by atoms with van der Waals surface area (Å²) in [6.07, 6.45) is 0. The van der Waals surface area contributed by atoms with Gasteiger partial charge in [-0.1, -0.05) is 30.3 Å². The third-order valence-corrected chi connectivity index (χ3v) is 2.58. The molecule has 0 amide bonds. The van der Waals surface area contributed by atoms with E-state index in [0.29, 0.717) is 5.82 Å². The molecule has 86 valence electrons. The van der Waals surface area contributed by atoms with Crippen molar-refractivity contribution in [1.82, 2.24) is 9.66 Å². The molecule has 4 heteroatoms. The van der Waals surface area contributed by atoms with Gasteiger partial charge in [0, 0.05) is 19.7 Å². The van der Waals surface area contributed by atoms with Crippen LogP contribution in [0.3, 0.4) is 0 Å². The summed E-state index contributed by atoms with van der Waals surface area (Å²) in [5.74, 6) is 0.409. The Morgan fingerprint density at radius 3 is 2.41 bits per heavy atom. The van der Waals surface area contributed by atoms with Crippen LogP contribution in [0.15, 0.2) is 30.3 Å². The summed E-state index contributed by atoms with van der Waals surface area (Å²) in [5.41, 5.74) is 2.89. The fourth-order valence-corrected chi connectivity index (χ4v) is 1.91. The lowest BCUT2D eigenvalue weighted by Crippen LogP contribution is -2.27. The highest BCUT2D eigenvalue weighted by molar-refractivity contribution is 5.63. The zero-order valence-corrected chi connectivity index (χ0v) is 10.2. The molecule has 1 aromatic heterocycles. The highest BCUT2D eigenvalue weighted by Gasteiger charge is 2.16. The molecule has 0 aliphatic heterocycles. The van der Waals surface area contributed by atoms with Crippen LogP contribution < -0.4 is 5.01 Å². The van der Waals surface area contributed by atoms with Gasteiger partial charge in [-0.15, -0.1) is 0 Å². The molecule has 0 saturated carbocycles. The second-order valence-corrected chi connectivity index (χ2v) is 4.01. The van der Waals surface area contributed by atoms with Gasteiger partial charge in [-0.25, -0.2) is 9.66 Å². The highest BCUT2D eigenvalue weighted by Crippen LogP contribution is 2.24. The maximum Gasteiger partial charge on any atom is 0.232 e. The first-order valence-corrected chi connectivity index (χ1v) is 5.37. The molecule has 0 fully saturated rings. The molecule has 0 bridgehead atoms. The SMILES string of the molecule is Cc1nc(C#N)n(N(C)C)c1-c1ccccc1. The van der Waals surface area contributed by atoms with Crippen LogP contribution in [-0.2, 0) is 0 Å². The third kappa shape index (κ3) is 1.87. The molecule has 0 spiro atoms. The van der Waals surface area contributed by atoms with Gasteiger partial charge in [-0.3, -0.25) is 0 Å². The molecular formula is C13H14N4. The minimum absolute atomic E-state index is 0.409. The van der Waals surface area contributed by atoms with Gasteiger partial charge in [-0.05, 0) is 6.92 Å². The number of hydrogen-bond donors (Lipinski definition) is 0. The van der Waals surface area contributed by atoms with Crippen LogP contribution in [0.5, 0.6) is 0 Å². The zero-order valence-electron chi connectivity index (χ0n) is 10.2. The van der Waals surface area contributed by atoms with Crippen molar-refractivity contribution in [2.75, 3.05) is 19.1 Å². The molecule has 0 unspecified atom stereocenters. The number of rotatable bonds is 2. The van der Waals surface area contributed by atoms with E-state index in [1.54, 1.807) is 0 Å². The minimum atomic E-state index is 0.409. The first-order valence-electron chi connectivity index (χ1n) is 5.37. The maximum atomic E-state index is 9.09. The minimum Gasteiger partial charge on any atom is -0.316 e. The van der Waals surface area contributed by atoms with Crippen molar-refractivity contribution in [2.24, 2.45) is 0 Å². The predicted molar refractivity (Wildman–Crippen MR) is 67.2 cm³/mol. The Balaban J connectivity index is 2.70. The van der Waals surface area contributed by atoms with Crippen molar-refractivity contribution in [2.45, 2.75) is 6.92 Å². The fraction of sp³-hybridized carbons (Fsp3) is 0.231. The molecule has 4 nitrogen and oxygen atoms in total. The first-order chi connectivity index (χ1) is 8.15. The summed E-state index contributed by atoms with van der Waals surface area (Å²) >= 11 is 0. The Morgan fingerprint density at radius 2 is 1.88 bits per heavy atom. The van der Waals surface area contributed by atoms with E-state index in [1.165, 1.54) is 0 Å². The third-order valence-electron chi connectivity index (χ3n) is 2.58. The maximum absolute atomic E-state index is 9.09. The number of benzene rings is 1. The summed E-state index contributed by atoms with van der Waals surface area (Å²) < 4.78 is 1.82. The Hall–Kier alpha value is -2.28. The number of aryl methyl sites for hydroxylation is 1. The normalized spacial score (nSPS) is 10.0. The average molecular weight is 226 g/mol. The Labute approximate surface area is 101 Å². The lowest BCUT2D eigenvalue weighted by atomic mass is 10.1. The molecule has 17 heavy (non-hydrogen) atoms. The average Bonchev–Trinajstić information content (AvgIpc) is 2.67. The van der Waals surface area contributed by atoms with Crippen molar-refractivity contribution >= 4 is 0 Å². The highest BCUT2D eigenvalue weighted by atomic mass is 15.5. The number of aromatic nitrogens is 2. The van der Waals surface area contributed by atoms with Gasteiger partial charge in [0.15, 0.2) is 0 Å². The standard InChI is InChI=1S/C13H14N4/c1-10-13(11-7-5-4-6-8-11)17(16(2)3)12(9-14)15-10/h4-8H,1-3H3. The molecule has 0 atom stereocenters. The second kappa shape index (κ2) is 4.30. The van der Waals surface area contributed by atoms with Crippen LogP contribution in [0.4, 0.5) is 0 Å². The van der Waals surface area contributed by atoms with Crippen LogP contribution in [-0.4, -0.2) is 23.8 Å². The molecule has 0 N–H and O–H groups in total. The van der Waals surface area contributed by atoms with Gasteiger partial charge in [0.25, 0.3) is 0 Å². The van der Waals surface area contributed by atoms with Gasteiger partial charge in [0.1, 0.15) is 6.07 Å². The van der Waals surface area contributed by atoms with Crippen LogP contribution >= 0.6 is 0 Å². The van der Waals surface area contributed by atoms with E-state index >= 15 is 0 Å². The van der Waals surface area contributed by atoms with E-state index in [2.05, 4.69) is 11.1 Å². The fourth-order valence-electron chi connectivity index (χ4n) is 1.91. The molecule has 1 aromatic carbocycles. The monoisotopic (exact) mass is 226 g/mol. The summed E-state index contributed by atoms with van der Waals surface area (Å²) in [5, 5.41) is 11.0. The van der Waals surface area contributed by atoms with Crippen molar-refractivity contribution in [3.8, 4) is 17.3 Å². The van der Waals surface area contributed by atoms with Crippen LogP contribution in [0.25, 0.3) is 11.3 Å². The smallest absolute Gasteiger partial charge is 0.232 e. The summed E-state index contributed by atoms with van der Waals surface area (Å²) in [6, 6.07) is 12.1. The van der Waals surface area contributed by atoms with Gasteiger partial charge in [0.05, 0.1) is 11.4 Å². The Bertz CT molecular complexity index is 561. The van der Waals surface area contributed by atoms with E-state index < -0.39 is 0 Å². The van der Waals surface area contributed by atoms with E-state index in [-0.39, 0.29) is 0 Å². The molecule has 0 radical (unpaired) electrons. The van der Waals surface area contributed by atoms with E-state index in [9.17, 15) is 0 Å². The molecule has 0 aliphatic carbocycles. The predicted octanol–water partition coefficient (Wildman–Crippen LogP) is 1.93. The van der Waals surface area contributed by atoms with E-state index in [0.717, 1.165) is 17.0 Å². The van der Waals surface area contributed by atoms with E-state index in [4.69, 9.17) is 5.26 Å².